The number of esters is 2. The van der Waals surface area contributed by atoms with Gasteiger partial charge in [-0.1, -0.05) is 6.92 Å². The van der Waals surface area contributed by atoms with E-state index in [1.165, 1.54) is 18.3 Å². The summed E-state index contributed by atoms with van der Waals surface area (Å²) in [6.07, 6.45) is 1.00. The average molecular weight is 401 g/mol. The zero-order valence-corrected chi connectivity index (χ0v) is 17.4. The van der Waals surface area contributed by atoms with E-state index in [1.807, 2.05) is 31.2 Å². The number of nitrogens with zero attached hydrogens (tertiary/aromatic N) is 1. The molecule has 1 aromatic carbocycles. The lowest BCUT2D eigenvalue weighted by atomic mass is 9.95. The monoisotopic (exact) mass is 401 g/mol. The van der Waals surface area contributed by atoms with Crippen LogP contribution in [-0.4, -0.2) is 29.6 Å². The Hall–Kier alpha value is -2.67. The highest BCUT2D eigenvalue weighted by Crippen LogP contribution is 2.39. The molecular weight excluding hydrogens is 378 g/mol. The SMILES string of the molecule is CCc1sc(-c2ccc(OC)cc2)nc1C1=C(OC(C)=O)CC(C)(C)OC1=O. The summed E-state index contributed by atoms with van der Waals surface area (Å²) in [5.74, 6) is 0.0830. The van der Waals surface area contributed by atoms with Crippen LogP contribution in [0.15, 0.2) is 30.0 Å². The van der Waals surface area contributed by atoms with Crippen molar-refractivity contribution in [1.82, 2.24) is 4.98 Å². The Morgan fingerprint density at radius 2 is 1.96 bits per heavy atom. The van der Waals surface area contributed by atoms with Gasteiger partial charge in [0.05, 0.1) is 12.8 Å². The second-order valence-corrected chi connectivity index (χ2v) is 8.17. The molecule has 28 heavy (non-hydrogen) atoms. The first kappa shape index (κ1) is 20.1. The molecule has 7 heteroatoms. The van der Waals surface area contributed by atoms with Crippen LogP contribution < -0.4 is 4.74 Å². The molecule has 0 amide bonds. The summed E-state index contributed by atoms with van der Waals surface area (Å²) >= 11 is 1.51. The Labute approximate surface area is 168 Å². The van der Waals surface area contributed by atoms with Crippen molar-refractivity contribution in [2.24, 2.45) is 0 Å². The molecule has 0 N–H and O–H groups in total. The van der Waals surface area contributed by atoms with Gasteiger partial charge in [-0.25, -0.2) is 9.78 Å². The van der Waals surface area contributed by atoms with E-state index in [0.29, 0.717) is 24.3 Å². The van der Waals surface area contributed by atoms with Crippen LogP contribution >= 0.6 is 11.3 Å². The van der Waals surface area contributed by atoms with E-state index in [4.69, 9.17) is 19.2 Å². The largest absolute Gasteiger partial charge is 0.497 e. The molecule has 2 aromatic rings. The van der Waals surface area contributed by atoms with Gasteiger partial charge < -0.3 is 14.2 Å². The summed E-state index contributed by atoms with van der Waals surface area (Å²) in [5, 5.41) is 0.779. The highest BCUT2D eigenvalue weighted by molar-refractivity contribution is 7.15. The molecule has 0 saturated carbocycles. The fourth-order valence-corrected chi connectivity index (χ4v) is 4.07. The van der Waals surface area contributed by atoms with Crippen LogP contribution in [0.4, 0.5) is 0 Å². The Morgan fingerprint density at radius 3 is 2.54 bits per heavy atom. The van der Waals surface area contributed by atoms with Gasteiger partial charge in [-0.2, -0.15) is 0 Å². The smallest absolute Gasteiger partial charge is 0.344 e. The van der Waals surface area contributed by atoms with E-state index in [1.54, 1.807) is 21.0 Å². The number of thiazole rings is 1. The van der Waals surface area contributed by atoms with Crippen LogP contribution in [0.25, 0.3) is 16.1 Å². The van der Waals surface area contributed by atoms with Crippen LogP contribution in [0, 0.1) is 0 Å². The molecule has 0 bridgehead atoms. The van der Waals surface area contributed by atoms with E-state index in [-0.39, 0.29) is 5.57 Å². The number of carbonyl (C=O) groups is 2. The number of benzene rings is 1. The Bertz CT molecular complexity index is 940. The van der Waals surface area contributed by atoms with Gasteiger partial charge in [0.2, 0.25) is 0 Å². The Kier molecular flexibility index (Phi) is 5.56. The van der Waals surface area contributed by atoms with Crippen LogP contribution in [-0.2, 0) is 25.5 Å². The first-order chi connectivity index (χ1) is 13.2. The van der Waals surface area contributed by atoms with Gasteiger partial charge in [0, 0.05) is 23.8 Å². The van der Waals surface area contributed by atoms with Gasteiger partial charge in [0.1, 0.15) is 27.7 Å². The Morgan fingerprint density at radius 1 is 1.29 bits per heavy atom. The lowest BCUT2D eigenvalue weighted by Gasteiger charge is -2.31. The highest BCUT2D eigenvalue weighted by atomic mass is 32.1. The third-order valence-electron chi connectivity index (χ3n) is 4.30. The standard InChI is InChI=1S/C21H23NO5S/c1-6-16-18(22-19(28-16)13-7-9-14(25-5)10-8-13)17-15(26-12(2)23)11-21(3,4)27-20(17)24/h7-10H,6,11H2,1-5H3. The van der Waals surface area contributed by atoms with Crippen molar-refractivity contribution in [1.29, 1.82) is 0 Å². The topological polar surface area (TPSA) is 74.7 Å². The minimum atomic E-state index is -0.743. The summed E-state index contributed by atoms with van der Waals surface area (Å²) in [6, 6.07) is 7.57. The summed E-state index contributed by atoms with van der Waals surface area (Å²) in [7, 11) is 1.62. The maximum absolute atomic E-state index is 12.8. The molecular formula is C21H23NO5S. The van der Waals surface area contributed by atoms with E-state index in [2.05, 4.69) is 0 Å². The van der Waals surface area contributed by atoms with Crippen molar-refractivity contribution in [2.75, 3.05) is 7.11 Å². The van der Waals surface area contributed by atoms with Crippen molar-refractivity contribution in [3.63, 3.8) is 0 Å². The van der Waals surface area contributed by atoms with Crippen LogP contribution in [0.3, 0.4) is 0 Å². The van der Waals surface area contributed by atoms with Gasteiger partial charge >= 0.3 is 11.9 Å². The number of ether oxygens (including phenoxy) is 3. The fourth-order valence-electron chi connectivity index (χ4n) is 3.06. The molecule has 148 valence electrons. The summed E-state index contributed by atoms with van der Waals surface area (Å²) < 4.78 is 16.2. The third-order valence-corrected chi connectivity index (χ3v) is 5.55. The number of cyclic esters (lactones) is 1. The molecule has 6 nitrogen and oxygen atoms in total. The number of aryl methyl sites for hydroxylation is 1. The van der Waals surface area contributed by atoms with Crippen molar-refractivity contribution in [2.45, 2.75) is 46.1 Å². The number of hydrogen-bond acceptors (Lipinski definition) is 7. The summed E-state index contributed by atoms with van der Waals surface area (Å²) in [5.41, 5.74) is 0.940. The maximum Gasteiger partial charge on any atom is 0.344 e. The molecule has 0 fully saturated rings. The summed E-state index contributed by atoms with van der Waals surface area (Å²) in [4.78, 5) is 30.0. The van der Waals surface area contributed by atoms with Crippen molar-refractivity contribution < 1.29 is 23.8 Å². The number of hydrogen-bond donors (Lipinski definition) is 0. The van der Waals surface area contributed by atoms with Crippen LogP contribution in [0.1, 0.15) is 44.7 Å². The molecule has 0 radical (unpaired) electrons. The molecule has 2 heterocycles. The molecule has 0 saturated heterocycles. The van der Waals surface area contributed by atoms with Crippen LogP contribution in [0.2, 0.25) is 0 Å². The van der Waals surface area contributed by atoms with Crippen molar-refractivity contribution >= 4 is 28.8 Å². The van der Waals surface area contributed by atoms with Crippen molar-refractivity contribution in [3.05, 3.63) is 40.6 Å². The number of carbonyl (C=O) groups excluding carboxylic acids is 2. The van der Waals surface area contributed by atoms with E-state index in [9.17, 15) is 9.59 Å². The first-order valence-electron chi connectivity index (χ1n) is 9.03. The Balaban J connectivity index is 2.11. The lowest BCUT2D eigenvalue weighted by Crippen LogP contribution is -2.35. The van der Waals surface area contributed by atoms with Gasteiger partial charge in [-0.3, -0.25) is 4.79 Å². The first-order valence-corrected chi connectivity index (χ1v) is 9.85. The fraction of sp³-hybridized carbons (Fsp3) is 0.381. The molecule has 0 spiro atoms. The van der Waals surface area contributed by atoms with E-state index in [0.717, 1.165) is 21.2 Å². The predicted molar refractivity (Wildman–Crippen MR) is 107 cm³/mol. The molecule has 1 aliphatic rings. The second kappa shape index (κ2) is 7.75. The maximum atomic E-state index is 12.8. The molecule has 1 aromatic heterocycles. The molecule has 0 aliphatic carbocycles. The number of methoxy groups -OCH3 is 1. The predicted octanol–water partition coefficient (Wildman–Crippen LogP) is 4.38. The van der Waals surface area contributed by atoms with Crippen LogP contribution in [0.5, 0.6) is 5.75 Å². The highest BCUT2D eigenvalue weighted by Gasteiger charge is 2.38. The third kappa shape index (κ3) is 4.09. The molecule has 0 unspecified atom stereocenters. The number of aromatic nitrogens is 1. The van der Waals surface area contributed by atoms with Gasteiger partial charge in [-0.15, -0.1) is 11.3 Å². The average Bonchev–Trinajstić information content (AvgIpc) is 3.03. The molecule has 0 atom stereocenters. The lowest BCUT2D eigenvalue weighted by molar-refractivity contribution is -0.153. The van der Waals surface area contributed by atoms with Gasteiger partial charge in [0.15, 0.2) is 0 Å². The zero-order chi connectivity index (χ0) is 20.5. The van der Waals surface area contributed by atoms with Gasteiger partial charge in [-0.05, 0) is 44.5 Å². The minimum Gasteiger partial charge on any atom is -0.497 e. The zero-order valence-electron chi connectivity index (χ0n) is 16.6. The van der Waals surface area contributed by atoms with Gasteiger partial charge in [0.25, 0.3) is 0 Å². The van der Waals surface area contributed by atoms with E-state index < -0.39 is 17.5 Å². The second-order valence-electron chi connectivity index (χ2n) is 7.09. The minimum absolute atomic E-state index is 0.238. The number of rotatable bonds is 5. The van der Waals surface area contributed by atoms with Crippen molar-refractivity contribution in [3.8, 4) is 16.3 Å². The summed E-state index contributed by atoms with van der Waals surface area (Å²) in [6.45, 7) is 6.90. The molecule has 3 rings (SSSR count). The normalized spacial score (nSPS) is 16.0. The van der Waals surface area contributed by atoms with E-state index >= 15 is 0 Å². The quantitative estimate of drug-likeness (QED) is 0.692. The molecule has 1 aliphatic heterocycles.